The van der Waals surface area contributed by atoms with Crippen molar-refractivity contribution in [2.75, 3.05) is 31.1 Å². The Morgan fingerprint density at radius 3 is 2.40 bits per heavy atom. The second-order valence-corrected chi connectivity index (χ2v) is 4.98. The van der Waals surface area contributed by atoms with Gasteiger partial charge in [-0.2, -0.15) is 0 Å². The number of aryl methyl sites for hydroxylation is 1. The summed E-state index contributed by atoms with van der Waals surface area (Å²) in [6.07, 6.45) is 3.74. The minimum atomic E-state index is 0.116. The quantitative estimate of drug-likeness (QED) is 0.828. The van der Waals surface area contributed by atoms with Crippen LogP contribution in [0.1, 0.15) is 10.4 Å². The maximum absolute atomic E-state index is 12.3. The smallest absolute Gasteiger partial charge is 0.253 e. The fourth-order valence-corrected chi connectivity index (χ4v) is 2.54. The summed E-state index contributed by atoms with van der Waals surface area (Å²) in [7, 11) is 1.99. The van der Waals surface area contributed by atoms with E-state index in [0.717, 1.165) is 37.7 Å². The molecule has 2 heterocycles. The fraction of sp³-hybridized carbons (Fsp3) is 0.333. The Kier molecular flexibility index (Phi) is 3.41. The Morgan fingerprint density at radius 1 is 1.10 bits per heavy atom. The number of nitrogens with zero attached hydrogens (tertiary/aromatic N) is 4. The van der Waals surface area contributed by atoms with E-state index in [1.165, 1.54) is 0 Å². The SMILES string of the molecule is Cn1ccnc1N1CCN(C(=O)c2ccccc2)CC1. The van der Waals surface area contributed by atoms with Crippen LogP contribution in [0, 0.1) is 0 Å². The summed E-state index contributed by atoms with van der Waals surface area (Å²) in [6.45, 7) is 3.12. The molecule has 0 aliphatic carbocycles. The van der Waals surface area contributed by atoms with E-state index in [9.17, 15) is 4.79 Å². The van der Waals surface area contributed by atoms with E-state index in [1.54, 1.807) is 6.20 Å². The van der Waals surface area contributed by atoms with Crippen LogP contribution in [0.4, 0.5) is 5.95 Å². The number of amides is 1. The molecule has 0 unspecified atom stereocenters. The predicted octanol–water partition coefficient (Wildman–Crippen LogP) is 1.38. The highest BCUT2D eigenvalue weighted by Crippen LogP contribution is 2.14. The van der Waals surface area contributed by atoms with Crippen LogP contribution in [0.5, 0.6) is 0 Å². The van der Waals surface area contributed by atoms with Crippen molar-refractivity contribution in [2.45, 2.75) is 0 Å². The van der Waals surface area contributed by atoms with E-state index in [-0.39, 0.29) is 5.91 Å². The van der Waals surface area contributed by atoms with E-state index < -0.39 is 0 Å². The highest BCUT2D eigenvalue weighted by atomic mass is 16.2. The van der Waals surface area contributed by atoms with Crippen molar-refractivity contribution in [3.05, 3.63) is 48.3 Å². The Bertz CT molecular complexity index is 585. The molecule has 1 fully saturated rings. The molecule has 104 valence electrons. The van der Waals surface area contributed by atoms with Crippen LogP contribution < -0.4 is 4.90 Å². The Labute approximate surface area is 118 Å². The Hall–Kier alpha value is -2.30. The molecule has 20 heavy (non-hydrogen) atoms. The molecular weight excluding hydrogens is 252 g/mol. The molecule has 0 bridgehead atoms. The van der Waals surface area contributed by atoms with Gasteiger partial charge in [0.15, 0.2) is 0 Å². The molecule has 0 spiro atoms. The number of piperazine rings is 1. The number of hydrogen-bond donors (Lipinski definition) is 0. The fourth-order valence-electron chi connectivity index (χ4n) is 2.54. The maximum Gasteiger partial charge on any atom is 0.253 e. The molecule has 0 N–H and O–H groups in total. The summed E-state index contributed by atoms with van der Waals surface area (Å²) >= 11 is 0. The molecule has 1 aromatic heterocycles. The number of carbonyl (C=O) groups is 1. The molecule has 0 atom stereocenters. The zero-order valence-electron chi connectivity index (χ0n) is 11.6. The van der Waals surface area contributed by atoms with Crippen LogP contribution in [-0.2, 0) is 7.05 Å². The number of benzene rings is 1. The second kappa shape index (κ2) is 5.36. The minimum Gasteiger partial charge on any atom is -0.339 e. The van der Waals surface area contributed by atoms with Crippen molar-refractivity contribution in [1.82, 2.24) is 14.5 Å². The maximum atomic E-state index is 12.3. The molecule has 1 saturated heterocycles. The molecule has 5 heteroatoms. The van der Waals surface area contributed by atoms with Crippen LogP contribution in [-0.4, -0.2) is 46.5 Å². The molecule has 0 saturated carbocycles. The van der Waals surface area contributed by atoms with Gasteiger partial charge in [0.1, 0.15) is 0 Å². The molecule has 3 rings (SSSR count). The monoisotopic (exact) mass is 270 g/mol. The summed E-state index contributed by atoms with van der Waals surface area (Å²) in [5.74, 6) is 1.09. The molecule has 0 radical (unpaired) electrons. The third kappa shape index (κ3) is 2.39. The summed E-state index contributed by atoms with van der Waals surface area (Å²) in [5.41, 5.74) is 0.762. The third-order valence-corrected chi connectivity index (χ3v) is 3.67. The van der Waals surface area contributed by atoms with Crippen LogP contribution in [0.25, 0.3) is 0 Å². The van der Waals surface area contributed by atoms with Gasteiger partial charge in [0.05, 0.1) is 0 Å². The lowest BCUT2D eigenvalue weighted by molar-refractivity contribution is 0.0746. The van der Waals surface area contributed by atoms with Crippen molar-refractivity contribution >= 4 is 11.9 Å². The van der Waals surface area contributed by atoms with Gasteiger partial charge in [-0.15, -0.1) is 0 Å². The van der Waals surface area contributed by atoms with Crippen molar-refractivity contribution in [3.63, 3.8) is 0 Å². The normalized spacial score (nSPS) is 15.4. The second-order valence-electron chi connectivity index (χ2n) is 4.98. The van der Waals surface area contributed by atoms with E-state index in [0.29, 0.717) is 0 Å². The molecule has 1 aliphatic rings. The van der Waals surface area contributed by atoms with Gasteiger partial charge in [0.2, 0.25) is 5.95 Å². The predicted molar refractivity (Wildman–Crippen MR) is 77.8 cm³/mol. The summed E-state index contributed by atoms with van der Waals surface area (Å²) in [5, 5.41) is 0. The van der Waals surface area contributed by atoms with Gasteiger partial charge in [-0.05, 0) is 12.1 Å². The molecule has 2 aromatic rings. The van der Waals surface area contributed by atoms with E-state index in [4.69, 9.17) is 0 Å². The van der Waals surface area contributed by atoms with Crippen LogP contribution >= 0.6 is 0 Å². The van der Waals surface area contributed by atoms with Gasteiger partial charge >= 0.3 is 0 Å². The highest BCUT2D eigenvalue weighted by molar-refractivity contribution is 5.94. The topological polar surface area (TPSA) is 41.4 Å². The number of carbonyl (C=O) groups excluding carboxylic acids is 1. The van der Waals surface area contributed by atoms with Crippen molar-refractivity contribution < 1.29 is 4.79 Å². The lowest BCUT2D eigenvalue weighted by Gasteiger charge is -2.35. The largest absolute Gasteiger partial charge is 0.339 e. The standard InChI is InChI=1S/C15H18N4O/c1-17-8-7-16-15(17)19-11-9-18(10-12-19)14(20)13-5-3-2-4-6-13/h2-8H,9-12H2,1H3. The Balaban J connectivity index is 1.64. The zero-order chi connectivity index (χ0) is 13.9. The summed E-state index contributed by atoms with van der Waals surface area (Å²) in [6, 6.07) is 9.46. The van der Waals surface area contributed by atoms with Gasteiger partial charge in [-0.25, -0.2) is 4.98 Å². The first kappa shape index (κ1) is 12.7. The third-order valence-electron chi connectivity index (χ3n) is 3.67. The van der Waals surface area contributed by atoms with Crippen molar-refractivity contribution in [1.29, 1.82) is 0 Å². The summed E-state index contributed by atoms with van der Waals surface area (Å²) < 4.78 is 2.01. The average molecular weight is 270 g/mol. The number of anilines is 1. The zero-order valence-corrected chi connectivity index (χ0v) is 11.6. The van der Waals surface area contributed by atoms with Gasteiger partial charge in [-0.3, -0.25) is 4.79 Å². The lowest BCUT2D eigenvalue weighted by atomic mass is 10.2. The number of aromatic nitrogens is 2. The average Bonchev–Trinajstić information content (AvgIpc) is 2.94. The van der Waals surface area contributed by atoms with E-state index >= 15 is 0 Å². The molecule has 1 aliphatic heterocycles. The van der Waals surface area contributed by atoms with Crippen molar-refractivity contribution in [3.8, 4) is 0 Å². The van der Waals surface area contributed by atoms with Gasteiger partial charge in [0, 0.05) is 51.2 Å². The van der Waals surface area contributed by atoms with Gasteiger partial charge < -0.3 is 14.4 Å². The number of imidazole rings is 1. The first-order valence-electron chi connectivity index (χ1n) is 6.82. The van der Waals surface area contributed by atoms with Gasteiger partial charge in [-0.1, -0.05) is 18.2 Å². The van der Waals surface area contributed by atoms with Crippen molar-refractivity contribution in [2.24, 2.45) is 7.05 Å². The summed E-state index contributed by atoms with van der Waals surface area (Å²) in [4.78, 5) is 20.8. The van der Waals surface area contributed by atoms with Gasteiger partial charge in [0.25, 0.3) is 5.91 Å². The van der Waals surface area contributed by atoms with E-state index in [1.807, 2.05) is 53.0 Å². The first-order chi connectivity index (χ1) is 9.75. The van der Waals surface area contributed by atoms with Crippen LogP contribution in [0.2, 0.25) is 0 Å². The van der Waals surface area contributed by atoms with E-state index in [2.05, 4.69) is 9.88 Å². The first-order valence-corrected chi connectivity index (χ1v) is 6.82. The number of hydrogen-bond acceptors (Lipinski definition) is 3. The lowest BCUT2D eigenvalue weighted by Crippen LogP contribution is -2.49. The highest BCUT2D eigenvalue weighted by Gasteiger charge is 2.23. The molecule has 5 nitrogen and oxygen atoms in total. The number of rotatable bonds is 2. The van der Waals surface area contributed by atoms with Crippen LogP contribution in [0.15, 0.2) is 42.7 Å². The molecular formula is C15H18N4O. The van der Waals surface area contributed by atoms with Crippen LogP contribution in [0.3, 0.4) is 0 Å². The Morgan fingerprint density at radius 2 is 1.80 bits per heavy atom. The molecule has 1 aromatic carbocycles. The minimum absolute atomic E-state index is 0.116. The molecule has 1 amide bonds.